The summed E-state index contributed by atoms with van der Waals surface area (Å²) in [5.74, 6) is -0.165. The maximum Gasteiger partial charge on any atom is 0.217 e. The molecule has 1 aromatic rings. The number of nitrogens with one attached hydrogen (secondary N) is 1. The average molecular weight is 264 g/mol. The van der Waals surface area contributed by atoms with E-state index >= 15 is 0 Å². The Morgan fingerprint density at radius 1 is 1.42 bits per heavy atom. The third-order valence-corrected chi connectivity index (χ3v) is 3.51. The number of nitrogens with zero attached hydrogens (tertiary/aromatic N) is 1. The molecule has 1 heterocycles. The van der Waals surface area contributed by atoms with Crippen LogP contribution in [0.15, 0.2) is 30.3 Å². The van der Waals surface area contributed by atoms with Crippen LogP contribution in [0.1, 0.15) is 12.5 Å². The molecule has 1 saturated heterocycles. The van der Waals surface area contributed by atoms with Gasteiger partial charge >= 0.3 is 0 Å². The van der Waals surface area contributed by atoms with Gasteiger partial charge in [-0.15, -0.1) is 0 Å². The standard InChI is InChI=1S/C14H20N2O3/c1-10(18)15-12-8-16(13(9-17)14(12)19)7-11-5-3-2-4-6-11/h2-6,12-14,17,19H,7-9H2,1H3,(H,15,18)/t12-,13+,14+/m1/s1. The van der Waals surface area contributed by atoms with Gasteiger partial charge in [0, 0.05) is 20.0 Å². The quantitative estimate of drug-likeness (QED) is 0.700. The van der Waals surface area contributed by atoms with E-state index in [4.69, 9.17) is 0 Å². The highest BCUT2D eigenvalue weighted by Gasteiger charge is 2.40. The van der Waals surface area contributed by atoms with Gasteiger partial charge in [0.2, 0.25) is 5.91 Å². The number of aliphatic hydroxyl groups excluding tert-OH is 2. The van der Waals surface area contributed by atoms with Gasteiger partial charge < -0.3 is 15.5 Å². The molecule has 0 saturated carbocycles. The van der Waals surface area contributed by atoms with Crippen LogP contribution in [0.25, 0.3) is 0 Å². The van der Waals surface area contributed by atoms with Crippen molar-refractivity contribution in [3.05, 3.63) is 35.9 Å². The van der Waals surface area contributed by atoms with E-state index in [-0.39, 0.29) is 24.6 Å². The average Bonchev–Trinajstić information content (AvgIpc) is 2.66. The lowest BCUT2D eigenvalue weighted by Gasteiger charge is -2.23. The van der Waals surface area contributed by atoms with Gasteiger partial charge in [-0.05, 0) is 5.56 Å². The molecule has 19 heavy (non-hydrogen) atoms. The molecular weight excluding hydrogens is 244 g/mol. The fourth-order valence-electron chi connectivity index (χ4n) is 2.60. The van der Waals surface area contributed by atoms with Gasteiger partial charge in [-0.3, -0.25) is 9.69 Å². The normalized spacial score (nSPS) is 27.4. The van der Waals surface area contributed by atoms with E-state index in [2.05, 4.69) is 5.32 Å². The zero-order chi connectivity index (χ0) is 13.8. The largest absolute Gasteiger partial charge is 0.395 e. The Kier molecular flexibility index (Phi) is 4.52. The second kappa shape index (κ2) is 6.14. The minimum absolute atomic E-state index is 0.121. The smallest absolute Gasteiger partial charge is 0.217 e. The molecule has 104 valence electrons. The summed E-state index contributed by atoms with van der Waals surface area (Å²) in [6.45, 7) is 2.50. The van der Waals surface area contributed by atoms with E-state index in [0.717, 1.165) is 5.56 Å². The predicted octanol–water partition coefficient (Wildman–Crippen LogP) is -0.271. The van der Waals surface area contributed by atoms with Crippen LogP contribution in [0.3, 0.4) is 0 Å². The van der Waals surface area contributed by atoms with Crippen LogP contribution in [0.5, 0.6) is 0 Å². The minimum atomic E-state index is -0.738. The molecule has 5 heteroatoms. The number of carbonyl (C=O) groups is 1. The first-order valence-electron chi connectivity index (χ1n) is 6.46. The van der Waals surface area contributed by atoms with Crippen LogP contribution in [0.2, 0.25) is 0 Å². The highest BCUT2D eigenvalue weighted by Crippen LogP contribution is 2.21. The molecule has 2 rings (SSSR count). The molecule has 0 aliphatic carbocycles. The van der Waals surface area contributed by atoms with Crippen molar-refractivity contribution in [2.75, 3.05) is 13.2 Å². The lowest BCUT2D eigenvalue weighted by Crippen LogP contribution is -2.44. The summed E-state index contributed by atoms with van der Waals surface area (Å²) < 4.78 is 0. The molecule has 0 unspecified atom stereocenters. The van der Waals surface area contributed by atoms with E-state index in [1.165, 1.54) is 6.92 Å². The highest BCUT2D eigenvalue weighted by atomic mass is 16.3. The second-order valence-corrected chi connectivity index (χ2v) is 4.96. The summed E-state index contributed by atoms with van der Waals surface area (Å²) >= 11 is 0. The summed E-state index contributed by atoms with van der Waals surface area (Å²) in [6.07, 6.45) is -0.738. The highest BCUT2D eigenvalue weighted by molar-refractivity contribution is 5.73. The van der Waals surface area contributed by atoms with Gasteiger partial charge in [0.05, 0.1) is 24.8 Å². The van der Waals surface area contributed by atoms with Gasteiger partial charge in [0.1, 0.15) is 0 Å². The molecule has 0 bridgehead atoms. The summed E-state index contributed by atoms with van der Waals surface area (Å²) in [6, 6.07) is 9.23. The van der Waals surface area contributed by atoms with Crippen LogP contribution in [-0.4, -0.2) is 52.4 Å². The van der Waals surface area contributed by atoms with Crippen LogP contribution >= 0.6 is 0 Å². The molecule has 1 amide bonds. The van der Waals surface area contributed by atoms with E-state index in [0.29, 0.717) is 13.1 Å². The number of hydrogen-bond acceptors (Lipinski definition) is 4. The molecule has 1 fully saturated rings. The van der Waals surface area contributed by atoms with Gasteiger partial charge in [-0.2, -0.15) is 0 Å². The molecule has 0 aromatic heterocycles. The van der Waals surface area contributed by atoms with Crippen molar-refractivity contribution in [2.24, 2.45) is 0 Å². The zero-order valence-electron chi connectivity index (χ0n) is 11.0. The SMILES string of the molecule is CC(=O)N[C@@H]1CN(Cc2ccccc2)[C@@H](CO)[C@H]1O. The van der Waals surface area contributed by atoms with Crippen LogP contribution < -0.4 is 5.32 Å². The van der Waals surface area contributed by atoms with Crippen LogP contribution in [-0.2, 0) is 11.3 Å². The fourth-order valence-corrected chi connectivity index (χ4v) is 2.60. The second-order valence-electron chi connectivity index (χ2n) is 4.96. The number of benzene rings is 1. The van der Waals surface area contributed by atoms with Crippen molar-refractivity contribution >= 4 is 5.91 Å². The van der Waals surface area contributed by atoms with Crippen LogP contribution in [0, 0.1) is 0 Å². The van der Waals surface area contributed by atoms with E-state index in [1.54, 1.807) is 0 Å². The maximum absolute atomic E-state index is 11.1. The molecule has 0 spiro atoms. The van der Waals surface area contributed by atoms with Crippen LogP contribution in [0.4, 0.5) is 0 Å². The van der Waals surface area contributed by atoms with Crippen molar-refractivity contribution in [3.8, 4) is 0 Å². The number of carbonyl (C=O) groups excluding carboxylic acids is 1. The number of likely N-dealkylation sites (tertiary alicyclic amines) is 1. The van der Waals surface area contributed by atoms with E-state index < -0.39 is 6.10 Å². The van der Waals surface area contributed by atoms with Gasteiger partial charge in [-0.1, -0.05) is 30.3 Å². The van der Waals surface area contributed by atoms with Crippen molar-refractivity contribution in [2.45, 2.75) is 31.7 Å². The number of rotatable bonds is 4. The van der Waals surface area contributed by atoms with Crippen molar-refractivity contribution < 1.29 is 15.0 Å². The molecule has 1 aliphatic heterocycles. The van der Waals surface area contributed by atoms with Crippen molar-refractivity contribution in [1.82, 2.24) is 10.2 Å². The zero-order valence-corrected chi connectivity index (χ0v) is 11.0. The Balaban J connectivity index is 2.05. The van der Waals surface area contributed by atoms with Gasteiger partial charge in [0.25, 0.3) is 0 Å². The van der Waals surface area contributed by atoms with Crippen molar-refractivity contribution in [3.63, 3.8) is 0 Å². The first-order chi connectivity index (χ1) is 9.11. The first-order valence-corrected chi connectivity index (χ1v) is 6.46. The Hall–Kier alpha value is -1.43. The predicted molar refractivity (Wildman–Crippen MR) is 71.3 cm³/mol. The summed E-state index contributed by atoms with van der Waals surface area (Å²) in [7, 11) is 0. The first kappa shape index (κ1) is 14.0. The Morgan fingerprint density at radius 2 is 2.11 bits per heavy atom. The third kappa shape index (κ3) is 3.32. The topological polar surface area (TPSA) is 72.8 Å². The monoisotopic (exact) mass is 264 g/mol. The summed E-state index contributed by atoms with van der Waals surface area (Å²) in [4.78, 5) is 13.1. The van der Waals surface area contributed by atoms with E-state index in [1.807, 2.05) is 35.2 Å². The van der Waals surface area contributed by atoms with E-state index in [9.17, 15) is 15.0 Å². The lowest BCUT2D eigenvalue weighted by molar-refractivity contribution is -0.120. The number of hydrogen-bond donors (Lipinski definition) is 3. The molecule has 3 atom stereocenters. The van der Waals surface area contributed by atoms with Gasteiger partial charge in [-0.25, -0.2) is 0 Å². The van der Waals surface area contributed by atoms with Gasteiger partial charge in [0.15, 0.2) is 0 Å². The minimum Gasteiger partial charge on any atom is -0.395 e. The maximum atomic E-state index is 11.1. The molecule has 1 aromatic carbocycles. The Morgan fingerprint density at radius 3 is 2.68 bits per heavy atom. The molecular formula is C14H20N2O3. The molecule has 1 aliphatic rings. The summed E-state index contributed by atoms with van der Waals surface area (Å²) in [5, 5.41) is 22.3. The summed E-state index contributed by atoms with van der Waals surface area (Å²) in [5.41, 5.74) is 1.12. The fraction of sp³-hybridized carbons (Fsp3) is 0.500. The number of aliphatic hydroxyl groups is 2. The Bertz CT molecular complexity index is 424. The third-order valence-electron chi connectivity index (χ3n) is 3.51. The Labute approximate surface area is 112 Å². The molecule has 0 radical (unpaired) electrons. The lowest BCUT2D eigenvalue weighted by atomic mass is 10.1. The number of amides is 1. The molecule has 5 nitrogen and oxygen atoms in total. The van der Waals surface area contributed by atoms with Crippen molar-refractivity contribution in [1.29, 1.82) is 0 Å². The molecule has 3 N–H and O–H groups in total.